The molecular weight excluding hydrogens is 246 g/mol. The van der Waals surface area contributed by atoms with Crippen LogP contribution in [0.15, 0.2) is 0 Å². The zero-order valence-corrected chi connectivity index (χ0v) is 12.1. The Bertz CT molecular complexity index is 374. The van der Waals surface area contributed by atoms with Gasteiger partial charge in [-0.05, 0) is 33.2 Å². The molecule has 1 fully saturated rings. The maximum atomic E-state index is 9.19. The van der Waals surface area contributed by atoms with Gasteiger partial charge in [0.05, 0.1) is 17.3 Å². The second kappa shape index (κ2) is 6.61. The molecule has 1 unspecified atom stereocenters. The van der Waals surface area contributed by atoms with Crippen LogP contribution in [0.25, 0.3) is 0 Å². The fourth-order valence-electron chi connectivity index (χ4n) is 2.52. The first-order valence-corrected chi connectivity index (χ1v) is 7.50. The Balaban J connectivity index is 1.94. The lowest BCUT2D eigenvalue weighted by Gasteiger charge is -2.24. The number of nitrogens with one attached hydrogen (secondary N) is 1. The molecule has 18 heavy (non-hydrogen) atoms. The lowest BCUT2D eigenvalue weighted by molar-refractivity contribution is 0.180. The van der Waals surface area contributed by atoms with Crippen LogP contribution in [0.3, 0.4) is 0 Å². The van der Waals surface area contributed by atoms with Crippen molar-refractivity contribution in [2.75, 3.05) is 26.2 Å². The third kappa shape index (κ3) is 3.75. The van der Waals surface area contributed by atoms with Gasteiger partial charge in [-0.3, -0.25) is 4.90 Å². The van der Waals surface area contributed by atoms with Gasteiger partial charge in [0.1, 0.15) is 0 Å². The number of hydrogen-bond acceptors (Lipinski definition) is 5. The quantitative estimate of drug-likeness (QED) is 0.817. The highest BCUT2D eigenvalue weighted by Crippen LogP contribution is 2.19. The molecule has 0 spiro atoms. The molecule has 2 heterocycles. The number of aliphatic hydroxyl groups is 1. The molecule has 0 aliphatic carbocycles. The van der Waals surface area contributed by atoms with E-state index in [4.69, 9.17) is 0 Å². The van der Waals surface area contributed by atoms with Crippen LogP contribution in [-0.2, 0) is 6.54 Å². The average Bonchev–Trinajstić information content (AvgIpc) is 2.90. The first-order chi connectivity index (χ1) is 8.69. The summed E-state index contributed by atoms with van der Waals surface area (Å²) >= 11 is 1.77. The number of aromatic nitrogens is 1. The van der Waals surface area contributed by atoms with E-state index in [0.29, 0.717) is 6.04 Å². The molecule has 1 aromatic heterocycles. The second-order valence-corrected chi connectivity index (χ2v) is 6.28. The summed E-state index contributed by atoms with van der Waals surface area (Å²) in [6.45, 7) is 8.17. The summed E-state index contributed by atoms with van der Waals surface area (Å²) in [6, 6.07) is 0.589. The van der Waals surface area contributed by atoms with Crippen molar-refractivity contribution in [1.29, 1.82) is 0 Å². The molecule has 102 valence electrons. The van der Waals surface area contributed by atoms with Gasteiger partial charge in [0.15, 0.2) is 0 Å². The van der Waals surface area contributed by atoms with Gasteiger partial charge in [0, 0.05) is 30.6 Å². The van der Waals surface area contributed by atoms with E-state index >= 15 is 0 Å². The number of aryl methyl sites for hydroxylation is 2. The van der Waals surface area contributed by atoms with Gasteiger partial charge in [0.25, 0.3) is 0 Å². The van der Waals surface area contributed by atoms with Crippen LogP contribution in [0.2, 0.25) is 0 Å². The standard InChI is InChI=1S/C13H23N3OS/c1-10-13(18-11(2)15-10)9-16(6-7-17)8-12-4-3-5-14-12/h12,14,17H,3-9H2,1-2H3. The van der Waals surface area contributed by atoms with Crippen LogP contribution in [0.4, 0.5) is 0 Å². The molecule has 0 saturated carbocycles. The number of thiazole rings is 1. The van der Waals surface area contributed by atoms with Crippen molar-refractivity contribution < 1.29 is 5.11 Å². The zero-order valence-electron chi connectivity index (χ0n) is 11.3. The highest BCUT2D eigenvalue weighted by Gasteiger charge is 2.19. The molecule has 0 aromatic carbocycles. The Morgan fingerprint density at radius 1 is 1.50 bits per heavy atom. The predicted octanol–water partition coefficient (Wildman–Crippen LogP) is 1.31. The highest BCUT2D eigenvalue weighted by atomic mass is 32.1. The van der Waals surface area contributed by atoms with Crippen LogP contribution in [0.1, 0.15) is 28.4 Å². The largest absolute Gasteiger partial charge is 0.395 e. The molecule has 4 nitrogen and oxygen atoms in total. The predicted molar refractivity (Wildman–Crippen MR) is 75.0 cm³/mol. The summed E-state index contributed by atoms with van der Waals surface area (Å²) in [5, 5.41) is 13.8. The van der Waals surface area contributed by atoms with Gasteiger partial charge in [-0.25, -0.2) is 4.98 Å². The number of rotatable bonds is 6. The van der Waals surface area contributed by atoms with Crippen LogP contribution < -0.4 is 5.32 Å². The smallest absolute Gasteiger partial charge is 0.0900 e. The third-order valence-electron chi connectivity index (χ3n) is 3.42. The molecule has 2 N–H and O–H groups in total. The van der Waals surface area contributed by atoms with Crippen molar-refractivity contribution in [2.45, 2.75) is 39.3 Å². The summed E-state index contributed by atoms with van der Waals surface area (Å²) in [4.78, 5) is 8.14. The lowest BCUT2D eigenvalue weighted by atomic mass is 10.2. The maximum absolute atomic E-state index is 9.19. The summed E-state index contributed by atoms with van der Waals surface area (Å²) in [7, 11) is 0. The molecule has 0 radical (unpaired) electrons. The summed E-state index contributed by atoms with van der Waals surface area (Å²) in [5.41, 5.74) is 1.14. The van der Waals surface area contributed by atoms with Crippen LogP contribution in [-0.4, -0.2) is 47.3 Å². The van der Waals surface area contributed by atoms with Gasteiger partial charge in [-0.2, -0.15) is 0 Å². The minimum absolute atomic E-state index is 0.226. The first kappa shape index (κ1) is 13.9. The topological polar surface area (TPSA) is 48.4 Å². The minimum atomic E-state index is 0.226. The molecule has 1 aromatic rings. The zero-order chi connectivity index (χ0) is 13.0. The van der Waals surface area contributed by atoms with Gasteiger partial charge >= 0.3 is 0 Å². The van der Waals surface area contributed by atoms with E-state index in [1.807, 2.05) is 0 Å². The number of hydrogen-bond donors (Lipinski definition) is 2. The van der Waals surface area contributed by atoms with E-state index in [-0.39, 0.29) is 6.61 Å². The average molecular weight is 269 g/mol. The van der Waals surface area contributed by atoms with Crippen molar-refractivity contribution in [3.63, 3.8) is 0 Å². The SMILES string of the molecule is Cc1nc(C)c(CN(CCO)CC2CCCN2)s1. The van der Waals surface area contributed by atoms with E-state index in [2.05, 4.69) is 29.0 Å². The highest BCUT2D eigenvalue weighted by molar-refractivity contribution is 7.11. The molecule has 1 atom stereocenters. The van der Waals surface area contributed by atoms with Gasteiger partial charge in [0.2, 0.25) is 0 Å². The molecule has 1 aliphatic rings. The summed E-state index contributed by atoms with van der Waals surface area (Å²) < 4.78 is 0. The Hall–Kier alpha value is -0.490. The van der Waals surface area contributed by atoms with Crippen LogP contribution in [0.5, 0.6) is 0 Å². The van der Waals surface area contributed by atoms with Crippen LogP contribution in [0, 0.1) is 13.8 Å². The Morgan fingerprint density at radius 2 is 2.33 bits per heavy atom. The van der Waals surface area contributed by atoms with Crippen molar-refractivity contribution in [3.05, 3.63) is 15.6 Å². The van der Waals surface area contributed by atoms with E-state index < -0.39 is 0 Å². The number of aliphatic hydroxyl groups excluding tert-OH is 1. The van der Waals surface area contributed by atoms with Crippen LogP contribution >= 0.6 is 11.3 Å². The van der Waals surface area contributed by atoms with Crippen molar-refractivity contribution in [2.24, 2.45) is 0 Å². The molecule has 2 rings (SSSR count). The summed E-state index contributed by atoms with van der Waals surface area (Å²) in [6.07, 6.45) is 2.53. The van der Waals surface area contributed by atoms with Crippen molar-refractivity contribution >= 4 is 11.3 Å². The minimum Gasteiger partial charge on any atom is -0.395 e. The van der Waals surface area contributed by atoms with Gasteiger partial charge in [-0.1, -0.05) is 0 Å². The molecule has 0 amide bonds. The van der Waals surface area contributed by atoms with E-state index in [1.54, 1.807) is 11.3 Å². The molecule has 0 bridgehead atoms. The van der Waals surface area contributed by atoms with Gasteiger partial charge in [-0.15, -0.1) is 11.3 Å². The molecule has 5 heteroatoms. The van der Waals surface area contributed by atoms with E-state index in [0.717, 1.165) is 36.9 Å². The maximum Gasteiger partial charge on any atom is 0.0900 e. The monoisotopic (exact) mass is 269 g/mol. The Morgan fingerprint density at radius 3 is 2.89 bits per heavy atom. The van der Waals surface area contributed by atoms with Crippen molar-refractivity contribution in [1.82, 2.24) is 15.2 Å². The number of nitrogens with zero attached hydrogens (tertiary/aromatic N) is 2. The first-order valence-electron chi connectivity index (χ1n) is 6.68. The normalized spacial score (nSPS) is 19.9. The molecule has 1 aliphatic heterocycles. The Labute approximate surface area is 113 Å². The summed E-state index contributed by atoms with van der Waals surface area (Å²) in [5.74, 6) is 0. The Kier molecular flexibility index (Phi) is 5.12. The fraction of sp³-hybridized carbons (Fsp3) is 0.769. The van der Waals surface area contributed by atoms with E-state index in [9.17, 15) is 5.11 Å². The van der Waals surface area contributed by atoms with E-state index in [1.165, 1.54) is 17.7 Å². The fourth-order valence-corrected chi connectivity index (χ4v) is 3.50. The molecule has 1 saturated heterocycles. The van der Waals surface area contributed by atoms with Crippen molar-refractivity contribution in [3.8, 4) is 0 Å². The van der Waals surface area contributed by atoms with Gasteiger partial charge < -0.3 is 10.4 Å². The lowest BCUT2D eigenvalue weighted by Crippen LogP contribution is -2.38. The molecular formula is C13H23N3OS. The third-order valence-corrected chi connectivity index (χ3v) is 4.48. The second-order valence-electron chi connectivity index (χ2n) is 4.99.